The minimum absolute atomic E-state index is 0.0991. The Morgan fingerprint density at radius 2 is 2.00 bits per heavy atom. The van der Waals surface area contributed by atoms with Crippen LogP contribution >= 0.6 is 0 Å². The molecule has 0 atom stereocenters. The highest BCUT2D eigenvalue weighted by atomic mass is 19.4. The van der Waals surface area contributed by atoms with Gasteiger partial charge in [0.15, 0.2) is 0 Å². The maximum atomic E-state index is 12.6. The molecule has 1 radical (unpaired) electrons. The Kier molecular flexibility index (Phi) is 2.03. The Morgan fingerprint density at radius 3 is 2.60 bits per heavy atom. The molecule has 0 aliphatic heterocycles. The van der Waals surface area contributed by atoms with Crippen LogP contribution in [0.3, 0.4) is 0 Å². The minimum atomic E-state index is -4.46. The van der Waals surface area contributed by atoms with Crippen LogP contribution < -0.4 is 0 Å². The van der Waals surface area contributed by atoms with E-state index in [2.05, 4.69) is 4.98 Å². The van der Waals surface area contributed by atoms with E-state index >= 15 is 0 Å². The molecule has 0 saturated heterocycles. The van der Waals surface area contributed by atoms with Crippen molar-refractivity contribution in [3.05, 3.63) is 35.5 Å². The van der Waals surface area contributed by atoms with Crippen molar-refractivity contribution in [2.75, 3.05) is 0 Å². The van der Waals surface area contributed by atoms with Crippen molar-refractivity contribution in [2.24, 2.45) is 0 Å². The van der Waals surface area contributed by atoms with Gasteiger partial charge in [0.25, 0.3) is 0 Å². The molecule has 0 aliphatic rings. The first kappa shape index (κ1) is 9.76. The highest BCUT2D eigenvalue weighted by molar-refractivity contribution is 5.99. The molecule has 1 N–H and O–H groups in total. The molecule has 0 saturated carbocycles. The summed E-state index contributed by atoms with van der Waals surface area (Å²) in [5, 5.41) is -0.125. The molecule has 15 heavy (non-hydrogen) atoms. The van der Waals surface area contributed by atoms with Gasteiger partial charge in [-0.15, -0.1) is 0 Å². The zero-order valence-electron chi connectivity index (χ0n) is 7.35. The zero-order valence-corrected chi connectivity index (χ0v) is 7.35. The SMILES string of the molecule is O=[C]c1c[nH]c2cccc(C(F)(F)F)c12. The van der Waals surface area contributed by atoms with Gasteiger partial charge < -0.3 is 4.98 Å². The second-order valence-corrected chi connectivity index (χ2v) is 3.03. The predicted octanol–water partition coefficient (Wildman–Crippen LogP) is 2.64. The second kappa shape index (κ2) is 3.12. The topological polar surface area (TPSA) is 32.9 Å². The summed E-state index contributed by atoms with van der Waals surface area (Å²) in [5.74, 6) is 0. The fraction of sp³-hybridized carbons (Fsp3) is 0.100. The van der Waals surface area contributed by atoms with Crippen molar-refractivity contribution in [3.63, 3.8) is 0 Å². The average molecular weight is 212 g/mol. The van der Waals surface area contributed by atoms with Crippen LogP contribution in [0.4, 0.5) is 13.2 Å². The number of H-pyrrole nitrogens is 1. The van der Waals surface area contributed by atoms with Gasteiger partial charge in [-0.2, -0.15) is 13.2 Å². The number of fused-ring (bicyclic) bond motifs is 1. The standard InChI is InChI=1S/C10H5F3NO/c11-10(12,13)7-2-1-3-8-9(7)6(5-15)4-14-8/h1-4,14H. The van der Waals surface area contributed by atoms with Crippen LogP contribution in [0.15, 0.2) is 24.4 Å². The fourth-order valence-electron chi connectivity index (χ4n) is 1.50. The van der Waals surface area contributed by atoms with E-state index in [4.69, 9.17) is 0 Å². The van der Waals surface area contributed by atoms with E-state index in [0.717, 1.165) is 6.07 Å². The summed E-state index contributed by atoms with van der Waals surface area (Å²) in [4.78, 5) is 13.0. The summed E-state index contributed by atoms with van der Waals surface area (Å²) >= 11 is 0. The lowest BCUT2D eigenvalue weighted by Crippen LogP contribution is -2.05. The average Bonchev–Trinajstić information content (AvgIpc) is 2.58. The van der Waals surface area contributed by atoms with Gasteiger partial charge in [-0.1, -0.05) is 6.07 Å². The Bertz CT molecular complexity index is 513. The molecule has 2 aromatic rings. The van der Waals surface area contributed by atoms with Crippen LogP contribution in [0.2, 0.25) is 0 Å². The van der Waals surface area contributed by atoms with Crippen LogP contribution in [0.1, 0.15) is 11.1 Å². The zero-order chi connectivity index (χ0) is 11.1. The number of hydrogen-bond donors (Lipinski definition) is 1. The summed E-state index contributed by atoms with van der Waals surface area (Å²) in [6.45, 7) is 0. The smallest absolute Gasteiger partial charge is 0.360 e. The van der Waals surface area contributed by atoms with E-state index in [1.54, 1.807) is 0 Å². The Balaban J connectivity index is 2.84. The molecule has 2 nitrogen and oxygen atoms in total. The fourth-order valence-corrected chi connectivity index (χ4v) is 1.50. The molecule has 0 amide bonds. The van der Waals surface area contributed by atoms with E-state index in [9.17, 15) is 18.0 Å². The summed E-state index contributed by atoms with van der Waals surface area (Å²) in [6.07, 6.45) is -1.77. The molecule has 2 rings (SSSR count). The van der Waals surface area contributed by atoms with E-state index in [-0.39, 0.29) is 16.5 Å². The first-order valence-electron chi connectivity index (χ1n) is 4.09. The quantitative estimate of drug-likeness (QED) is 0.774. The molecule has 0 fully saturated rings. The largest absolute Gasteiger partial charge is 0.417 e. The van der Waals surface area contributed by atoms with Gasteiger partial charge in [0.2, 0.25) is 6.29 Å². The lowest BCUT2D eigenvalue weighted by Gasteiger charge is -2.07. The van der Waals surface area contributed by atoms with Gasteiger partial charge in [-0.05, 0) is 12.1 Å². The number of carbonyl (C=O) groups excluding carboxylic acids is 1. The third-order valence-electron chi connectivity index (χ3n) is 2.12. The molecule has 5 heteroatoms. The first-order valence-corrected chi connectivity index (χ1v) is 4.09. The maximum absolute atomic E-state index is 12.6. The van der Waals surface area contributed by atoms with Gasteiger partial charge in [-0.25, -0.2) is 0 Å². The maximum Gasteiger partial charge on any atom is 0.417 e. The number of hydrogen-bond acceptors (Lipinski definition) is 1. The monoisotopic (exact) mass is 212 g/mol. The lowest BCUT2D eigenvalue weighted by atomic mass is 10.1. The summed E-state index contributed by atoms with van der Waals surface area (Å²) in [6, 6.07) is 3.71. The molecule has 0 unspecified atom stereocenters. The normalized spacial score (nSPS) is 11.9. The Labute approximate surface area is 82.7 Å². The van der Waals surface area contributed by atoms with Crippen molar-refractivity contribution in [3.8, 4) is 0 Å². The number of alkyl halides is 3. The minimum Gasteiger partial charge on any atom is -0.360 e. The Hall–Kier alpha value is -1.78. The first-order chi connectivity index (χ1) is 7.04. The molecule has 1 aromatic heterocycles. The van der Waals surface area contributed by atoms with E-state index in [0.29, 0.717) is 0 Å². The molecular weight excluding hydrogens is 207 g/mol. The van der Waals surface area contributed by atoms with Crippen LogP contribution in [0, 0.1) is 0 Å². The molecule has 1 heterocycles. The molecular formula is C10H5F3NO. The highest BCUT2D eigenvalue weighted by Crippen LogP contribution is 2.35. The van der Waals surface area contributed by atoms with Gasteiger partial charge in [-0.3, -0.25) is 4.79 Å². The van der Waals surface area contributed by atoms with Gasteiger partial charge in [0.1, 0.15) is 0 Å². The van der Waals surface area contributed by atoms with Crippen molar-refractivity contribution >= 4 is 17.2 Å². The second-order valence-electron chi connectivity index (χ2n) is 3.03. The van der Waals surface area contributed by atoms with E-state index in [1.807, 2.05) is 0 Å². The summed E-state index contributed by atoms with van der Waals surface area (Å²) < 4.78 is 37.7. The van der Waals surface area contributed by atoms with Crippen LogP contribution in [-0.2, 0) is 11.0 Å². The van der Waals surface area contributed by atoms with Gasteiger partial charge in [0.05, 0.1) is 11.1 Å². The number of benzene rings is 1. The number of aromatic amines is 1. The predicted molar refractivity (Wildman–Crippen MR) is 48.1 cm³/mol. The lowest BCUT2D eigenvalue weighted by molar-refractivity contribution is -0.136. The summed E-state index contributed by atoms with van der Waals surface area (Å²) in [5.41, 5.74) is -0.638. The Morgan fingerprint density at radius 1 is 1.27 bits per heavy atom. The van der Waals surface area contributed by atoms with Crippen molar-refractivity contribution in [1.82, 2.24) is 4.98 Å². The molecule has 0 spiro atoms. The van der Waals surface area contributed by atoms with Crippen molar-refractivity contribution in [2.45, 2.75) is 6.18 Å². The van der Waals surface area contributed by atoms with Crippen LogP contribution in [0.5, 0.6) is 0 Å². The molecule has 0 aliphatic carbocycles. The molecule has 1 aromatic carbocycles. The van der Waals surface area contributed by atoms with Crippen LogP contribution in [-0.4, -0.2) is 11.3 Å². The number of nitrogens with one attached hydrogen (secondary N) is 1. The van der Waals surface area contributed by atoms with Crippen molar-refractivity contribution in [1.29, 1.82) is 0 Å². The molecule has 0 bridgehead atoms. The highest BCUT2D eigenvalue weighted by Gasteiger charge is 2.33. The molecule has 77 valence electrons. The van der Waals surface area contributed by atoms with E-state index < -0.39 is 11.7 Å². The third-order valence-corrected chi connectivity index (χ3v) is 2.12. The van der Waals surface area contributed by atoms with E-state index in [1.165, 1.54) is 24.6 Å². The van der Waals surface area contributed by atoms with Crippen LogP contribution in [0.25, 0.3) is 10.9 Å². The number of aromatic nitrogens is 1. The third kappa shape index (κ3) is 1.49. The number of halogens is 3. The van der Waals surface area contributed by atoms with Gasteiger partial charge in [0, 0.05) is 17.1 Å². The van der Waals surface area contributed by atoms with Gasteiger partial charge >= 0.3 is 6.18 Å². The summed E-state index contributed by atoms with van der Waals surface area (Å²) in [7, 11) is 0. The number of rotatable bonds is 1. The van der Waals surface area contributed by atoms with Crippen molar-refractivity contribution < 1.29 is 18.0 Å².